The summed E-state index contributed by atoms with van der Waals surface area (Å²) >= 11 is 1.17. The van der Waals surface area contributed by atoms with Crippen LogP contribution in [0.3, 0.4) is 0 Å². The van der Waals surface area contributed by atoms with E-state index in [9.17, 15) is 14.7 Å². The Morgan fingerprint density at radius 2 is 1.97 bits per heavy atom. The largest absolute Gasteiger partial charge is 0.507 e. The van der Waals surface area contributed by atoms with E-state index in [1.54, 1.807) is 37.3 Å². The molecule has 3 aromatic rings. The molecule has 2 aromatic heterocycles. The van der Waals surface area contributed by atoms with Crippen molar-refractivity contribution >= 4 is 33.9 Å². The topological polar surface area (TPSA) is 115 Å². The fourth-order valence-electron chi connectivity index (χ4n) is 3.48. The van der Waals surface area contributed by atoms with E-state index in [1.807, 2.05) is 0 Å². The summed E-state index contributed by atoms with van der Waals surface area (Å²) in [6, 6.07) is 7.13. The van der Waals surface area contributed by atoms with Crippen molar-refractivity contribution in [2.24, 2.45) is 0 Å². The number of aliphatic hydroxyl groups excluding tert-OH is 1. The van der Waals surface area contributed by atoms with Gasteiger partial charge < -0.3 is 19.0 Å². The predicted octanol–water partition coefficient (Wildman–Crippen LogP) is 2.84. The van der Waals surface area contributed by atoms with Crippen molar-refractivity contribution in [1.29, 1.82) is 0 Å². The lowest BCUT2D eigenvalue weighted by molar-refractivity contribution is -0.132. The van der Waals surface area contributed by atoms with Crippen LogP contribution in [0.15, 0.2) is 46.6 Å². The quantitative estimate of drug-likeness (QED) is 0.387. The number of ketones is 1. The number of benzene rings is 1. The fraction of sp³-hybridized carbons (Fsp3) is 0.200. The van der Waals surface area contributed by atoms with E-state index in [2.05, 4.69) is 10.2 Å². The summed E-state index contributed by atoms with van der Waals surface area (Å²) in [7, 11) is 0. The first-order valence-electron chi connectivity index (χ1n) is 9.09. The van der Waals surface area contributed by atoms with Gasteiger partial charge in [0.2, 0.25) is 5.13 Å². The van der Waals surface area contributed by atoms with E-state index in [1.165, 1.54) is 22.5 Å². The van der Waals surface area contributed by atoms with Crippen LogP contribution in [0.4, 0.5) is 5.13 Å². The predicted molar refractivity (Wildman–Crippen MR) is 106 cm³/mol. The van der Waals surface area contributed by atoms with Crippen LogP contribution in [0, 0.1) is 6.92 Å². The first-order valence-corrected chi connectivity index (χ1v) is 9.91. The number of ether oxygens (including phenoxy) is 2. The monoisotopic (exact) mass is 425 g/mol. The molecule has 1 unspecified atom stereocenters. The number of amides is 1. The highest BCUT2D eigenvalue weighted by molar-refractivity contribution is 7.15. The average molecular weight is 425 g/mol. The van der Waals surface area contributed by atoms with Gasteiger partial charge in [-0.2, -0.15) is 0 Å². The lowest BCUT2D eigenvalue weighted by Gasteiger charge is -2.21. The second-order valence-corrected chi connectivity index (χ2v) is 7.81. The second kappa shape index (κ2) is 6.99. The molecule has 1 N–H and O–H groups in total. The number of fused-ring (bicyclic) bond motifs is 1. The minimum Gasteiger partial charge on any atom is -0.507 e. The van der Waals surface area contributed by atoms with Gasteiger partial charge in [0.05, 0.1) is 11.8 Å². The van der Waals surface area contributed by atoms with Crippen LogP contribution < -0.4 is 14.4 Å². The van der Waals surface area contributed by atoms with Crippen molar-refractivity contribution in [3.63, 3.8) is 0 Å². The zero-order chi connectivity index (χ0) is 20.8. The Hall–Kier alpha value is -3.66. The van der Waals surface area contributed by atoms with Crippen molar-refractivity contribution in [2.45, 2.75) is 13.0 Å². The third-order valence-electron chi connectivity index (χ3n) is 4.79. The number of hydrogen-bond donors (Lipinski definition) is 1. The lowest BCUT2D eigenvalue weighted by atomic mass is 9.99. The molecule has 4 heterocycles. The van der Waals surface area contributed by atoms with Gasteiger partial charge in [-0.1, -0.05) is 11.3 Å². The lowest BCUT2D eigenvalue weighted by Crippen LogP contribution is -2.29. The van der Waals surface area contributed by atoms with Crippen molar-refractivity contribution in [1.82, 2.24) is 10.2 Å². The Morgan fingerprint density at radius 1 is 1.17 bits per heavy atom. The van der Waals surface area contributed by atoms with Crippen molar-refractivity contribution in [3.8, 4) is 11.5 Å². The van der Waals surface area contributed by atoms with Gasteiger partial charge in [0.15, 0.2) is 11.5 Å². The summed E-state index contributed by atoms with van der Waals surface area (Å²) < 4.78 is 16.6. The highest BCUT2D eigenvalue weighted by Crippen LogP contribution is 2.43. The van der Waals surface area contributed by atoms with Crippen LogP contribution in [0.1, 0.15) is 22.4 Å². The molecule has 2 aliphatic heterocycles. The molecule has 0 aliphatic carbocycles. The number of Topliss-reactive ketones (excluding diaryl/α,β-unsaturated/α-hetero) is 1. The molecule has 5 rings (SSSR count). The Balaban J connectivity index is 1.67. The molecule has 1 amide bonds. The summed E-state index contributed by atoms with van der Waals surface area (Å²) in [4.78, 5) is 27.0. The first-order chi connectivity index (χ1) is 14.5. The molecule has 1 atom stereocenters. The number of rotatable bonds is 3. The Labute approximate surface area is 174 Å². The molecule has 1 aromatic carbocycles. The molecule has 0 saturated carbocycles. The fourth-order valence-corrected chi connectivity index (χ4v) is 4.19. The molecule has 2 aliphatic rings. The number of carbonyl (C=O) groups excluding carboxylic acids is 2. The smallest absolute Gasteiger partial charge is 0.302 e. The number of aliphatic hydroxyl groups is 1. The van der Waals surface area contributed by atoms with Crippen molar-refractivity contribution in [2.75, 3.05) is 18.1 Å². The molecule has 1 saturated heterocycles. The molecule has 0 spiro atoms. The Kier molecular flexibility index (Phi) is 4.28. The summed E-state index contributed by atoms with van der Waals surface area (Å²) in [5, 5.41) is 19.9. The van der Waals surface area contributed by atoms with Gasteiger partial charge >= 0.3 is 5.91 Å². The van der Waals surface area contributed by atoms with Gasteiger partial charge in [-0.25, -0.2) is 0 Å². The van der Waals surface area contributed by atoms with Crippen LogP contribution in [0.2, 0.25) is 0 Å². The van der Waals surface area contributed by atoms with Gasteiger partial charge in [0.1, 0.15) is 35.8 Å². The maximum atomic E-state index is 13.0. The number of furan rings is 1. The van der Waals surface area contributed by atoms with E-state index in [4.69, 9.17) is 13.9 Å². The van der Waals surface area contributed by atoms with E-state index in [0.717, 1.165) is 0 Å². The minimum atomic E-state index is -0.972. The number of aromatic nitrogens is 2. The van der Waals surface area contributed by atoms with E-state index in [-0.39, 0.29) is 16.5 Å². The van der Waals surface area contributed by atoms with E-state index < -0.39 is 17.7 Å². The Morgan fingerprint density at radius 3 is 2.67 bits per heavy atom. The van der Waals surface area contributed by atoms with Crippen LogP contribution in [-0.2, 0) is 9.59 Å². The SMILES string of the molecule is Cc1nnc(N2C(=O)C(=O)/C(=C(/O)c3ccc4c(c3)OCCO4)C2c2ccco2)s1. The first kappa shape index (κ1) is 18.4. The van der Waals surface area contributed by atoms with E-state index in [0.29, 0.717) is 41.0 Å². The van der Waals surface area contributed by atoms with Crippen LogP contribution in [-0.4, -0.2) is 40.2 Å². The molecule has 10 heteroatoms. The van der Waals surface area contributed by atoms with Crippen molar-refractivity contribution in [3.05, 3.63) is 58.5 Å². The van der Waals surface area contributed by atoms with Crippen LogP contribution >= 0.6 is 11.3 Å². The highest BCUT2D eigenvalue weighted by atomic mass is 32.1. The van der Waals surface area contributed by atoms with Gasteiger partial charge in [0, 0.05) is 5.56 Å². The average Bonchev–Trinajstić information content (AvgIpc) is 3.48. The molecule has 9 nitrogen and oxygen atoms in total. The maximum absolute atomic E-state index is 13.0. The molecule has 30 heavy (non-hydrogen) atoms. The number of aryl methyl sites for hydroxylation is 1. The highest BCUT2D eigenvalue weighted by Gasteiger charge is 2.49. The maximum Gasteiger partial charge on any atom is 0.302 e. The van der Waals surface area contributed by atoms with Crippen molar-refractivity contribution < 1.29 is 28.6 Å². The van der Waals surface area contributed by atoms with Crippen LogP contribution in [0.5, 0.6) is 11.5 Å². The number of hydrogen-bond acceptors (Lipinski definition) is 9. The summed E-state index contributed by atoms with van der Waals surface area (Å²) in [6.45, 7) is 2.56. The third-order valence-corrected chi connectivity index (χ3v) is 5.63. The standard InChI is InChI=1S/C20H15N3O6S/c1-10-21-22-20(30-10)23-16(13-3-2-6-27-13)15(18(25)19(23)26)17(24)11-4-5-12-14(9-11)29-8-7-28-12/h2-6,9,16,24H,7-8H2,1H3/b17-15+. The molecule has 0 bridgehead atoms. The third kappa shape index (κ3) is 2.84. The number of carbonyl (C=O) groups is 2. The zero-order valence-corrected chi connectivity index (χ0v) is 16.5. The zero-order valence-electron chi connectivity index (χ0n) is 15.7. The molecule has 0 radical (unpaired) electrons. The molecular formula is C20H15N3O6S. The summed E-state index contributed by atoms with van der Waals surface area (Å²) in [5.41, 5.74) is 0.224. The molecule has 152 valence electrons. The summed E-state index contributed by atoms with van der Waals surface area (Å²) in [5.74, 6) is -0.668. The molecular weight excluding hydrogens is 410 g/mol. The second-order valence-electron chi connectivity index (χ2n) is 6.65. The minimum absolute atomic E-state index is 0.0977. The summed E-state index contributed by atoms with van der Waals surface area (Å²) in [6.07, 6.45) is 1.44. The van der Waals surface area contributed by atoms with Gasteiger partial charge in [-0.15, -0.1) is 10.2 Å². The number of nitrogens with zero attached hydrogens (tertiary/aromatic N) is 3. The van der Waals surface area contributed by atoms with Gasteiger partial charge in [0.25, 0.3) is 5.78 Å². The van der Waals surface area contributed by atoms with E-state index >= 15 is 0 Å². The normalized spacial score (nSPS) is 20.0. The van der Waals surface area contributed by atoms with Gasteiger partial charge in [-0.05, 0) is 37.3 Å². The number of anilines is 1. The Bertz CT molecular complexity index is 1180. The van der Waals surface area contributed by atoms with Gasteiger partial charge in [-0.3, -0.25) is 14.5 Å². The molecule has 1 fully saturated rings. The van der Waals surface area contributed by atoms with Crippen LogP contribution in [0.25, 0.3) is 5.76 Å².